The molecule has 2 heterocycles. The largest absolute Gasteiger partial charge is 0.354 e. The number of anilines is 1. The van der Waals surface area contributed by atoms with Crippen molar-refractivity contribution in [1.29, 1.82) is 5.26 Å². The maximum atomic E-state index is 13.3. The summed E-state index contributed by atoms with van der Waals surface area (Å²) in [4.78, 5) is 10.3. The first-order chi connectivity index (χ1) is 12.9. The van der Waals surface area contributed by atoms with Crippen LogP contribution in [0.3, 0.4) is 0 Å². The Morgan fingerprint density at radius 2 is 2.00 bits per heavy atom. The van der Waals surface area contributed by atoms with Crippen molar-refractivity contribution in [2.75, 3.05) is 24.5 Å². The molecule has 142 valence electrons. The van der Waals surface area contributed by atoms with E-state index in [1.54, 1.807) is 6.20 Å². The lowest BCUT2D eigenvalue weighted by Crippen LogP contribution is -2.39. The van der Waals surface area contributed by atoms with Gasteiger partial charge >= 0.3 is 0 Å². The van der Waals surface area contributed by atoms with Crippen LogP contribution in [0.25, 0.3) is 0 Å². The Morgan fingerprint density at radius 1 is 1.30 bits per heavy atom. The van der Waals surface area contributed by atoms with Gasteiger partial charge in [0.1, 0.15) is 11.9 Å². The van der Waals surface area contributed by atoms with Crippen molar-refractivity contribution in [1.82, 2.24) is 14.7 Å². The second-order valence-corrected chi connectivity index (χ2v) is 8.30. The highest BCUT2D eigenvalue weighted by molar-refractivity contribution is 7.89. The summed E-state index contributed by atoms with van der Waals surface area (Å²) >= 11 is 0. The Hall–Kier alpha value is -2.57. The van der Waals surface area contributed by atoms with Gasteiger partial charge in [0.15, 0.2) is 11.5 Å². The Morgan fingerprint density at radius 3 is 2.67 bits per heavy atom. The topological polar surface area (TPSA) is 99.0 Å². The fourth-order valence-electron chi connectivity index (χ4n) is 3.09. The smallest absolute Gasteiger partial charge is 0.240 e. The summed E-state index contributed by atoms with van der Waals surface area (Å²) in [5.74, 6) is 0.322. The average molecular weight is 389 g/mol. The quantitative estimate of drug-likeness (QED) is 0.840. The number of hydrogen-bond acceptors (Lipinski definition) is 6. The molecule has 0 atom stereocenters. The molecule has 1 saturated heterocycles. The molecule has 1 N–H and O–H groups in total. The van der Waals surface area contributed by atoms with Gasteiger partial charge in [-0.25, -0.2) is 27.5 Å². The van der Waals surface area contributed by atoms with Crippen molar-refractivity contribution in [3.8, 4) is 6.07 Å². The van der Waals surface area contributed by atoms with Crippen LogP contribution in [-0.2, 0) is 10.0 Å². The van der Waals surface area contributed by atoms with Gasteiger partial charge in [-0.15, -0.1) is 0 Å². The second kappa shape index (κ2) is 7.98. The monoisotopic (exact) mass is 389 g/mol. The van der Waals surface area contributed by atoms with Gasteiger partial charge in [-0.05, 0) is 49.4 Å². The molecule has 7 nitrogen and oxygen atoms in total. The van der Waals surface area contributed by atoms with Gasteiger partial charge in [0.05, 0.1) is 4.90 Å². The minimum absolute atomic E-state index is 0.0667. The number of piperidine rings is 1. The predicted molar refractivity (Wildman–Crippen MR) is 98.0 cm³/mol. The molecule has 27 heavy (non-hydrogen) atoms. The SMILES string of the molecule is Cc1cc(S(=O)(=O)NCC2CCN(c3nccnc3C#N)CC2)ccc1F. The number of nitrogens with one attached hydrogen (secondary N) is 1. The van der Waals surface area contributed by atoms with Crippen LogP contribution in [0.1, 0.15) is 24.1 Å². The van der Waals surface area contributed by atoms with E-state index in [1.807, 2.05) is 11.0 Å². The molecule has 3 rings (SSSR count). The van der Waals surface area contributed by atoms with Gasteiger partial charge in [0, 0.05) is 32.0 Å². The zero-order valence-corrected chi connectivity index (χ0v) is 15.7. The maximum absolute atomic E-state index is 13.3. The van der Waals surface area contributed by atoms with E-state index in [0.29, 0.717) is 36.7 Å². The van der Waals surface area contributed by atoms with Crippen LogP contribution in [0, 0.1) is 30.0 Å². The van der Waals surface area contributed by atoms with Gasteiger partial charge in [0.2, 0.25) is 10.0 Å². The molecule has 0 aliphatic carbocycles. The third-order valence-corrected chi connectivity index (χ3v) is 6.12. The maximum Gasteiger partial charge on any atom is 0.240 e. The molecule has 0 amide bonds. The Bertz CT molecular complexity index is 966. The van der Waals surface area contributed by atoms with Crippen LogP contribution in [0.5, 0.6) is 0 Å². The lowest BCUT2D eigenvalue weighted by molar-refractivity contribution is 0.400. The number of rotatable bonds is 5. The summed E-state index contributed by atoms with van der Waals surface area (Å²) in [6.45, 7) is 3.20. The normalized spacial score (nSPS) is 15.5. The zero-order chi connectivity index (χ0) is 19.4. The standard InChI is InChI=1S/C18H20FN5O2S/c1-13-10-15(2-3-16(13)19)27(25,26)23-12-14-4-8-24(9-5-14)18-17(11-20)21-6-7-22-18/h2-3,6-7,10,14,23H,4-5,8-9,12H2,1H3. The minimum Gasteiger partial charge on any atom is -0.354 e. The molecular weight excluding hydrogens is 369 g/mol. The molecule has 1 aromatic carbocycles. The fourth-order valence-corrected chi connectivity index (χ4v) is 4.29. The average Bonchev–Trinajstić information content (AvgIpc) is 2.69. The highest BCUT2D eigenvalue weighted by atomic mass is 32.2. The fraction of sp³-hybridized carbons (Fsp3) is 0.389. The highest BCUT2D eigenvalue weighted by Crippen LogP contribution is 2.23. The van der Waals surface area contributed by atoms with Crippen molar-refractivity contribution >= 4 is 15.8 Å². The zero-order valence-electron chi connectivity index (χ0n) is 14.9. The van der Waals surface area contributed by atoms with Crippen molar-refractivity contribution in [2.24, 2.45) is 5.92 Å². The number of aromatic nitrogens is 2. The highest BCUT2D eigenvalue weighted by Gasteiger charge is 2.24. The first-order valence-electron chi connectivity index (χ1n) is 8.62. The van der Waals surface area contributed by atoms with Crippen molar-refractivity contribution in [3.63, 3.8) is 0 Å². The number of aryl methyl sites for hydroxylation is 1. The van der Waals surface area contributed by atoms with Gasteiger partial charge in [-0.3, -0.25) is 0 Å². The van der Waals surface area contributed by atoms with E-state index < -0.39 is 15.8 Å². The van der Waals surface area contributed by atoms with Gasteiger partial charge < -0.3 is 4.90 Å². The van der Waals surface area contributed by atoms with Gasteiger partial charge in [0.25, 0.3) is 0 Å². The molecule has 2 aromatic rings. The molecule has 1 aliphatic rings. The molecule has 0 bridgehead atoms. The van der Waals surface area contributed by atoms with Crippen molar-refractivity contribution in [2.45, 2.75) is 24.7 Å². The van der Waals surface area contributed by atoms with E-state index in [0.717, 1.165) is 18.9 Å². The van der Waals surface area contributed by atoms with Gasteiger partial charge in [-0.1, -0.05) is 0 Å². The Labute approximate surface area is 157 Å². The molecule has 0 radical (unpaired) electrons. The van der Waals surface area contributed by atoms with Crippen LogP contribution >= 0.6 is 0 Å². The molecule has 0 saturated carbocycles. The summed E-state index contributed by atoms with van der Waals surface area (Å²) < 4.78 is 40.8. The van der Waals surface area contributed by atoms with Crippen LogP contribution in [0.2, 0.25) is 0 Å². The Balaban J connectivity index is 1.58. The first-order valence-corrected chi connectivity index (χ1v) is 10.1. The summed E-state index contributed by atoms with van der Waals surface area (Å²) in [6, 6.07) is 5.80. The number of nitrogens with zero attached hydrogens (tertiary/aromatic N) is 4. The van der Waals surface area contributed by atoms with Crippen LogP contribution in [0.4, 0.5) is 10.2 Å². The summed E-state index contributed by atoms with van der Waals surface area (Å²) in [7, 11) is -3.67. The summed E-state index contributed by atoms with van der Waals surface area (Å²) in [6.07, 6.45) is 4.58. The molecule has 0 unspecified atom stereocenters. The number of sulfonamides is 1. The van der Waals surface area contributed by atoms with E-state index >= 15 is 0 Å². The first kappa shape index (κ1) is 19.2. The molecule has 1 aliphatic heterocycles. The van der Waals surface area contributed by atoms with Crippen LogP contribution in [-0.4, -0.2) is 38.0 Å². The second-order valence-electron chi connectivity index (χ2n) is 6.53. The molecular formula is C18H20FN5O2S. The molecule has 1 aromatic heterocycles. The molecule has 0 spiro atoms. The minimum atomic E-state index is -3.67. The van der Waals surface area contributed by atoms with Crippen molar-refractivity contribution < 1.29 is 12.8 Å². The van der Waals surface area contributed by atoms with E-state index in [1.165, 1.54) is 25.3 Å². The number of halogens is 1. The van der Waals surface area contributed by atoms with Crippen molar-refractivity contribution in [3.05, 3.63) is 47.7 Å². The lowest BCUT2D eigenvalue weighted by atomic mass is 9.97. The third-order valence-electron chi connectivity index (χ3n) is 4.70. The number of nitriles is 1. The third kappa shape index (κ3) is 4.40. The summed E-state index contributed by atoms with van der Waals surface area (Å²) in [5.41, 5.74) is 0.590. The predicted octanol–water partition coefficient (Wildman–Crippen LogP) is 1.99. The van der Waals surface area contributed by atoms with E-state index in [4.69, 9.17) is 5.26 Å². The molecule has 1 fully saturated rings. The van der Waals surface area contributed by atoms with Crippen LogP contribution in [0.15, 0.2) is 35.5 Å². The number of benzene rings is 1. The molecule has 9 heteroatoms. The Kier molecular flexibility index (Phi) is 5.68. The number of hydrogen-bond donors (Lipinski definition) is 1. The van der Waals surface area contributed by atoms with E-state index in [2.05, 4.69) is 14.7 Å². The van der Waals surface area contributed by atoms with Crippen LogP contribution < -0.4 is 9.62 Å². The lowest BCUT2D eigenvalue weighted by Gasteiger charge is -2.32. The van der Waals surface area contributed by atoms with Gasteiger partial charge in [-0.2, -0.15) is 5.26 Å². The summed E-state index contributed by atoms with van der Waals surface area (Å²) in [5, 5.41) is 9.14. The van der Waals surface area contributed by atoms with E-state index in [-0.39, 0.29) is 10.8 Å². The van der Waals surface area contributed by atoms with E-state index in [9.17, 15) is 12.8 Å².